The summed E-state index contributed by atoms with van der Waals surface area (Å²) >= 11 is 3.33. The second kappa shape index (κ2) is 6.55. The Morgan fingerprint density at radius 2 is 1.90 bits per heavy atom. The Hall–Kier alpha value is -1.44. The highest BCUT2D eigenvalue weighted by atomic mass is 79.9. The third-order valence-corrected chi connectivity index (χ3v) is 5.10. The van der Waals surface area contributed by atoms with Crippen LogP contribution in [0.2, 0.25) is 0 Å². The quantitative estimate of drug-likeness (QED) is 0.849. The Kier molecular flexibility index (Phi) is 4.97. The molecule has 21 heavy (non-hydrogen) atoms. The summed E-state index contributed by atoms with van der Waals surface area (Å²) < 4.78 is 27.9. The van der Waals surface area contributed by atoms with Crippen LogP contribution in [0.15, 0.2) is 45.9 Å². The van der Waals surface area contributed by atoms with Crippen LogP contribution in [0.5, 0.6) is 0 Å². The average molecular weight is 370 g/mol. The highest BCUT2D eigenvalue weighted by molar-refractivity contribution is 9.10. The lowest BCUT2D eigenvalue weighted by atomic mass is 10.2. The third-order valence-electron chi connectivity index (χ3n) is 2.90. The Bertz CT molecular complexity index is 730. The van der Waals surface area contributed by atoms with Gasteiger partial charge in [-0.05, 0) is 59.2 Å². The van der Waals surface area contributed by atoms with E-state index in [9.17, 15) is 8.42 Å². The average Bonchev–Trinajstić information content (AvgIpc) is 2.44. The van der Waals surface area contributed by atoms with Crippen LogP contribution in [-0.4, -0.2) is 20.4 Å². The van der Waals surface area contributed by atoms with Gasteiger partial charge in [-0.25, -0.2) is 13.4 Å². The van der Waals surface area contributed by atoms with Gasteiger partial charge in [-0.3, -0.25) is 4.72 Å². The first-order valence-electron chi connectivity index (χ1n) is 6.31. The number of aromatic nitrogens is 1. The van der Waals surface area contributed by atoms with Crippen molar-refractivity contribution in [3.05, 3.63) is 52.1 Å². The number of anilines is 1. The molecule has 1 aromatic carbocycles. The SMILES string of the molecule is CNCc1ccc(S(=O)(=O)Nc2cc(C)c(Br)cn2)cc1. The first kappa shape index (κ1) is 15.9. The molecule has 7 heteroatoms. The number of sulfonamides is 1. The largest absolute Gasteiger partial charge is 0.316 e. The Morgan fingerprint density at radius 3 is 2.48 bits per heavy atom. The summed E-state index contributed by atoms with van der Waals surface area (Å²) in [6, 6.07) is 8.41. The molecule has 1 heterocycles. The van der Waals surface area contributed by atoms with Crippen LogP contribution < -0.4 is 10.0 Å². The van der Waals surface area contributed by atoms with Gasteiger partial charge in [-0.15, -0.1) is 0 Å². The van der Waals surface area contributed by atoms with Crippen molar-refractivity contribution in [3.63, 3.8) is 0 Å². The van der Waals surface area contributed by atoms with Gasteiger partial charge < -0.3 is 5.32 Å². The van der Waals surface area contributed by atoms with Crippen LogP contribution in [-0.2, 0) is 16.6 Å². The van der Waals surface area contributed by atoms with Crippen molar-refractivity contribution < 1.29 is 8.42 Å². The standard InChI is InChI=1S/C14H16BrN3O2S/c1-10-7-14(17-9-13(10)15)18-21(19,20)12-5-3-11(4-6-12)8-16-2/h3-7,9,16H,8H2,1-2H3,(H,17,18). The van der Waals surface area contributed by atoms with Gasteiger partial charge in [0.25, 0.3) is 10.0 Å². The minimum absolute atomic E-state index is 0.213. The lowest BCUT2D eigenvalue weighted by Crippen LogP contribution is -2.14. The van der Waals surface area contributed by atoms with Gasteiger partial charge in [-0.2, -0.15) is 0 Å². The molecule has 2 rings (SSSR count). The van der Waals surface area contributed by atoms with Crippen LogP contribution in [0.1, 0.15) is 11.1 Å². The summed E-state index contributed by atoms with van der Waals surface area (Å²) in [6.07, 6.45) is 1.57. The zero-order valence-electron chi connectivity index (χ0n) is 11.7. The van der Waals surface area contributed by atoms with E-state index in [2.05, 4.69) is 31.0 Å². The molecule has 2 N–H and O–H groups in total. The van der Waals surface area contributed by atoms with E-state index in [0.29, 0.717) is 12.4 Å². The third kappa shape index (κ3) is 4.03. The normalized spacial score (nSPS) is 11.4. The predicted molar refractivity (Wildman–Crippen MR) is 86.7 cm³/mol. The number of rotatable bonds is 5. The smallest absolute Gasteiger partial charge is 0.263 e. The van der Waals surface area contributed by atoms with Gasteiger partial charge in [0.2, 0.25) is 0 Å². The fourth-order valence-corrected chi connectivity index (χ4v) is 3.00. The zero-order valence-corrected chi connectivity index (χ0v) is 14.1. The van der Waals surface area contributed by atoms with Gasteiger partial charge in [0, 0.05) is 17.2 Å². The lowest BCUT2D eigenvalue weighted by molar-refractivity contribution is 0.601. The van der Waals surface area contributed by atoms with Crippen LogP contribution in [0.25, 0.3) is 0 Å². The summed E-state index contributed by atoms with van der Waals surface area (Å²) in [6.45, 7) is 2.57. The van der Waals surface area contributed by atoms with Crippen molar-refractivity contribution in [1.82, 2.24) is 10.3 Å². The maximum Gasteiger partial charge on any atom is 0.263 e. The summed E-state index contributed by atoms with van der Waals surface area (Å²) in [5.74, 6) is 0.301. The number of nitrogens with zero attached hydrogens (tertiary/aromatic N) is 1. The molecule has 0 radical (unpaired) electrons. The van der Waals surface area contributed by atoms with E-state index in [0.717, 1.165) is 15.6 Å². The fourth-order valence-electron chi connectivity index (χ4n) is 1.78. The molecule has 2 aromatic rings. The summed E-state index contributed by atoms with van der Waals surface area (Å²) in [4.78, 5) is 4.26. The Labute approximate surface area is 133 Å². The number of pyridine rings is 1. The topological polar surface area (TPSA) is 71.1 Å². The van der Waals surface area contributed by atoms with E-state index in [1.807, 2.05) is 14.0 Å². The van der Waals surface area contributed by atoms with Crippen molar-refractivity contribution >= 4 is 31.8 Å². The molecular weight excluding hydrogens is 354 g/mol. The molecule has 0 fully saturated rings. The molecule has 0 amide bonds. The molecule has 0 atom stereocenters. The van der Waals surface area contributed by atoms with Crippen molar-refractivity contribution in [2.75, 3.05) is 11.8 Å². The lowest BCUT2D eigenvalue weighted by Gasteiger charge is -2.09. The minimum Gasteiger partial charge on any atom is -0.316 e. The highest BCUT2D eigenvalue weighted by Crippen LogP contribution is 2.20. The number of benzene rings is 1. The van der Waals surface area contributed by atoms with Crippen molar-refractivity contribution in [3.8, 4) is 0 Å². The maximum absolute atomic E-state index is 12.3. The minimum atomic E-state index is -3.62. The molecule has 0 spiro atoms. The fraction of sp³-hybridized carbons (Fsp3) is 0.214. The molecule has 0 saturated heterocycles. The van der Waals surface area contributed by atoms with Gasteiger partial charge in [0.05, 0.1) is 4.90 Å². The van der Waals surface area contributed by atoms with E-state index in [-0.39, 0.29) is 4.90 Å². The van der Waals surface area contributed by atoms with Crippen LogP contribution in [0.4, 0.5) is 5.82 Å². The number of halogens is 1. The van der Waals surface area contributed by atoms with E-state index < -0.39 is 10.0 Å². The number of hydrogen-bond acceptors (Lipinski definition) is 4. The molecule has 0 saturated carbocycles. The summed E-state index contributed by atoms with van der Waals surface area (Å²) in [5.41, 5.74) is 1.93. The molecular formula is C14H16BrN3O2S. The van der Waals surface area contributed by atoms with Crippen LogP contribution >= 0.6 is 15.9 Å². The van der Waals surface area contributed by atoms with Gasteiger partial charge in [-0.1, -0.05) is 12.1 Å². The van der Waals surface area contributed by atoms with E-state index in [1.165, 1.54) is 0 Å². The van der Waals surface area contributed by atoms with Gasteiger partial charge in [0.15, 0.2) is 0 Å². The Balaban J connectivity index is 2.23. The van der Waals surface area contributed by atoms with E-state index >= 15 is 0 Å². The van der Waals surface area contributed by atoms with Crippen molar-refractivity contribution in [2.45, 2.75) is 18.4 Å². The first-order chi connectivity index (χ1) is 9.92. The molecule has 1 aromatic heterocycles. The summed E-state index contributed by atoms with van der Waals surface area (Å²) in [5, 5.41) is 3.01. The van der Waals surface area contributed by atoms with E-state index in [4.69, 9.17) is 0 Å². The van der Waals surface area contributed by atoms with E-state index in [1.54, 1.807) is 36.5 Å². The highest BCUT2D eigenvalue weighted by Gasteiger charge is 2.15. The van der Waals surface area contributed by atoms with Crippen LogP contribution in [0.3, 0.4) is 0 Å². The second-order valence-electron chi connectivity index (χ2n) is 4.60. The number of nitrogens with one attached hydrogen (secondary N) is 2. The molecule has 0 aliphatic heterocycles. The molecule has 112 valence electrons. The number of aryl methyl sites for hydroxylation is 1. The van der Waals surface area contributed by atoms with Crippen molar-refractivity contribution in [1.29, 1.82) is 0 Å². The maximum atomic E-state index is 12.3. The zero-order chi connectivity index (χ0) is 15.5. The van der Waals surface area contributed by atoms with Gasteiger partial charge >= 0.3 is 0 Å². The second-order valence-corrected chi connectivity index (χ2v) is 7.14. The molecule has 5 nitrogen and oxygen atoms in total. The molecule has 0 unspecified atom stereocenters. The first-order valence-corrected chi connectivity index (χ1v) is 8.58. The summed E-state index contributed by atoms with van der Waals surface area (Å²) in [7, 11) is -1.78. The molecule has 0 bridgehead atoms. The monoisotopic (exact) mass is 369 g/mol. The van der Waals surface area contributed by atoms with Crippen molar-refractivity contribution in [2.24, 2.45) is 0 Å². The molecule has 0 aliphatic rings. The Morgan fingerprint density at radius 1 is 1.24 bits per heavy atom. The number of hydrogen-bond donors (Lipinski definition) is 2. The van der Waals surface area contributed by atoms with Gasteiger partial charge in [0.1, 0.15) is 5.82 Å². The predicted octanol–water partition coefficient (Wildman–Crippen LogP) is 2.67. The molecule has 0 aliphatic carbocycles. The van der Waals surface area contributed by atoms with Crippen LogP contribution in [0, 0.1) is 6.92 Å².